The Kier molecular flexibility index (Phi) is 5.65. The molecular formula is C23H24F3N3O2S. The number of thiophene rings is 1. The first-order chi connectivity index (χ1) is 14.9. The van der Waals surface area contributed by atoms with Gasteiger partial charge in [0.15, 0.2) is 0 Å². The summed E-state index contributed by atoms with van der Waals surface area (Å²) in [5.74, 6) is -0.0620. The van der Waals surface area contributed by atoms with Gasteiger partial charge < -0.3 is 5.32 Å². The number of nitrogens with one attached hydrogen (secondary N) is 1. The molecule has 1 amide bonds. The van der Waals surface area contributed by atoms with E-state index in [9.17, 15) is 22.8 Å². The number of carbonyl (C=O) groups excluding carboxylic acids is 1. The van der Waals surface area contributed by atoms with Gasteiger partial charge in [0.2, 0.25) is 5.91 Å². The summed E-state index contributed by atoms with van der Waals surface area (Å²) in [6.45, 7) is 6.35. The summed E-state index contributed by atoms with van der Waals surface area (Å²) in [6, 6.07) is 4.39. The summed E-state index contributed by atoms with van der Waals surface area (Å²) in [7, 11) is 0. The molecule has 0 bridgehead atoms. The van der Waals surface area contributed by atoms with E-state index in [0.717, 1.165) is 37.0 Å². The summed E-state index contributed by atoms with van der Waals surface area (Å²) in [5.41, 5.74) is 0.0850. The number of amides is 1. The second-order valence-electron chi connectivity index (χ2n) is 9.29. The monoisotopic (exact) mass is 463 g/mol. The highest BCUT2D eigenvalue weighted by Crippen LogP contribution is 2.42. The molecule has 3 aromatic rings. The Morgan fingerprint density at radius 3 is 2.72 bits per heavy atom. The lowest BCUT2D eigenvalue weighted by atomic mass is 9.72. The van der Waals surface area contributed by atoms with E-state index in [2.05, 4.69) is 31.1 Å². The zero-order chi connectivity index (χ0) is 23.3. The smallest absolute Gasteiger partial charge is 0.325 e. The molecule has 4 rings (SSSR count). The number of anilines is 1. The lowest BCUT2D eigenvalue weighted by Gasteiger charge is -2.33. The summed E-state index contributed by atoms with van der Waals surface area (Å²) in [6.07, 6.45) is -0.465. The van der Waals surface area contributed by atoms with Gasteiger partial charge in [-0.05, 0) is 54.4 Å². The van der Waals surface area contributed by atoms with Crippen molar-refractivity contribution in [1.29, 1.82) is 0 Å². The van der Waals surface area contributed by atoms with Gasteiger partial charge in [-0.2, -0.15) is 13.2 Å². The maximum absolute atomic E-state index is 13.1. The molecule has 2 aromatic heterocycles. The van der Waals surface area contributed by atoms with E-state index < -0.39 is 17.6 Å². The second kappa shape index (κ2) is 8.03. The highest BCUT2D eigenvalue weighted by Gasteiger charge is 2.32. The van der Waals surface area contributed by atoms with Gasteiger partial charge in [-0.15, -0.1) is 11.3 Å². The molecule has 32 heavy (non-hydrogen) atoms. The number of rotatable bonds is 3. The maximum atomic E-state index is 13.1. The van der Waals surface area contributed by atoms with Gasteiger partial charge in [0.05, 0.1) is 17.3 Å². The largest absolute Gasteiger partial charge is 0.416 e. The number of aromatic nitrogens is 2. The predicted molar refractivity (Wildman–Crippen MR) is 119 cm³/mol. The highest BCUT2D eigenvalue weighted by atomic mass is 32.1. The molecule has 1 aliphatic carbocycles. The zero-order valence-corrected chi connectivity index (χ0v) is 18.9. The van der Waals surface area contributed by atoms with E-state index in [-0.39, 0.29) is 23.2 Å². The Morgan fingerprint density at radius 2 is 2.03 bits per heavy atom. The molecule has 1 N–H and O–H groups in total. The first kappa shape index (κ1) is 22.5. The van der Waals surface area contributed by atoms with Crippen LogP contribution >= 0.6 is 11.3 Å². The lowest BCUT2D eigenvalue weighted by Crippen LogP contribution is -2.29. The molecule has 5 nitrogen and oxygen atoms in total. The van der Waals surface area contributed by atoms with Gasteiger partial charge in [-0.25, -0.2) is 4.98 Å². The topological polar surface area (TPSA) is 64.0 Å². The summed E-state index contributed by atoms with van der Waals surface area (Å²) >= 11 is 1.54. The van der Waals surface area contributed by atoms with Crippen LogP contribution in [0.25, 0.3) is 10.2 Å². The number of alkyl halides is 3. The fourth-order valence-electron chi connectivity index (χ4n) is 4.18. The van der Waals surface area contributed by atoms with Crippen LogP contribution in [-0.2, 0) is 30.4 Å². The second-order valence-corrected chi connectivity index (χ2v) is 10.4. The number of benzene rings is 1. The Balaban J connectivity index is 1.57. The SMILES string of the molecule is CC(C)(C)C1CCc2c(sc3ncn(CC(=O)Nc4cccc(C(F)(F)F)c4)c(=O)c23)C1. The molecule has 0 fully saturated rings. The Labute approximate surface area is 187 Å². The van der Waals surface area contributed by atoms with Crippen LogP contribution in [0.1, 0.15) is 43.2 Å². The molecule has 0 aliphatic heterocycles. The first-order valence-electron chi connectivity index (χ1n) is 10.4. The molecule has 1 aliphatic rings. The predicted octanol–water partition coefficient (Wildman–Crippen LogP) is 5.27. The van der Waals surface area contributed by atoms with Crippen LogP contribution in [0, 0.1) is 11.3 Å². The lowest BCUT2D eigenvalue weighted by molar-refractivity contribution is -0.137. The molecule has 0 saturated carbocycles. The van der Waals surface area contributed by atoms with Crippen LogP contribution in [0.4, 0.5) is 18.9 Å². The first-order valence-corrected chi connectivity index (χ1v) is 11.2. The van der Waals surface area contributed by atoms with Crippen molar-refractivity contribution in [2.45, 2.75) is 52.8 Å². The van der Waals surface area contributed by atoms with E-state index in [1.807, 2.05) is 0 Å². The van der Waals surface area contributed by atoms with Gasteiger partial charge in [-0.1, -0.05) is 26.8 Å². The van der Waals surface area contributed by atoms with Crippen molar-refractivity contribution in [3.05, 3.63) is 57.0 Å². The zero-order valence-electron chi connectivity index (χ0n) is 18.0. The van der Waals surface area contributed by atoms with Crippen LogP contribution in [0.15, 0.2) is 35.4 Å². The Bertz CT molecular complexity index is 1240. The van der Waals surface area contributed by atoms with E-state index in [1.165, 1.54) is 39.2 Å². The highest BCUT2D eigenvalue weighted by molar-refractivity contribution is 7.18. The third-order valence-corrected chi connectivity index (χ3v) is 7.21. The van der Waals surface area contributed by atoms with Crippen molar-refractivity contribution in [1.82, 2.24) is 9.55 Å². The van der Waals surface area contributed by atoms with Gasteiger partial charge in [0.25, 0.3) is 5.56 Å². The maximum Gasteiger partial charge on any atom is 0.416 e. The van der Waals surface area contributed by atoms with Crippen molar-refractivity contribution in [2.24, 2.45) is 11.3 Å². The van der Waals surface area contributed by atoms with E-state index in [4.69, 9.17) is 0 Å². The fraction of sp³-hybridized carbons (Fsp3) is 0.435. The summed E-state index contributed by atoms with van der Waals surface area (Å²) in [5, 5.41) is 2.99. The van der Waals surface area contributed by atoms with Crippen molar-refractivity contribution in [2.75, 3.05) is 5.32 Å². The standard InChI is InChI=1S/C23H24F3N3O2S/c1-22(2,3)13-7-8-16-17(10-13)32-20-19(16)21(31)29(12-27-20)11-18(30)28-15-6-4-5-14(9-15)23(24,25)26/h4-6,9,12-13H,7-8,10-11H2,1-3H3,(H,28,30). The van der Waals surface area contributed by atoms with Gasteiger partial charge in [-0.3, -0.25) is 14.2 Å². The minimum absolute atomic E-state index is 0.0213. The Hall–Kier alpha value is -2.68. The van der Waals surface area contributed by atoms with Crippen molar-refractivity contribution in [3.8, 4) is 0 Å². The number of nitrogens with zero attached hydrogens (tertiary/aromatic N) is 2. The van der Waals surface area contributed by atoms with Crippen LogP contribution in [0.5, 0.6) is 0 Å². The molecule has 1 unspecified atom stereocenters. The number of hydrogen-bond donors (Lipinski definition) is 1. The fourth-order valence-corrected chi connectivity index (χ4v) is 5.44. The molecule has 0 spiro atoms. The number of aryl methyl sites for hydroxylation is 1. The molecule has 1 aromatic carbocycles. The average molecular weight is 464 g/mol. The van der Waals surface area contributed by atoms with Gasteiger partial charge >= 0.3 is 6.18 Å². The van der Waals surface area contributed by atoms with Gasteiger partial charge in [0, 0.05) is 10.6 Å². The van der Waals surface area contributed by atoms with Crippen molar-refractivity contribution >= 4 is 33.1 Å². The number of hydrogen-bond acceptors (Lipinski definition) is 4. The quantitative estimate of drug-likeness (QED) is 0.576. The third-order valence-electron chi connectivity index (χ3n) is 6.05. The third kappa shape index (κ3) is 4.44. The van der Waals surface area contributed by atoms with Crippen LogP contribution < -0.4 is 10.9 Å². The number of halogens is 3. The molecule has 9 heteroatoms. The minimum atomic E-state index is -4.50. The van der Waals surface area contributed by atoms with E-state index in [0.29, 0.717) is 16.1 Å². The van der Waals surface area contributed by atoms with Crippen LogP contribution in [0.2, 0.25) is 0 Å². The van der Waals surface area contributed by atoms with Crippen molar-refractivity contribution in [3.63, 3.8) is 0 Å². The number of carbonyl (C=O) groups is 1. The van der Waals surface area contributed by atoms with Crippen molar-refractivity contribution < 1.29 is 18.0 Å². The normalized spacial score (nSPS) is 16.8. The molecule has 0 radical (unpaired) electrons. The molecule has 1 atom stereocenters. The minimum Gasteiger partial charge on any atom is -0.325 e. The van der Waals surface area contributed by atoms with E-state index in [1.54, 1.807) is 0 Å². The Morgan fingerprint density at radius 1 is 1.28 bits per heavy atom. The van der Waals surface area contributed by atoms with E-state index >= 15 is 0 Å². The molecule has 2 heterocycles. The number of fused-ring (bicyclic) bond motifs is 3. The van der Waals surface area contributed by atoms with Crippen LogP contribution in [0.3, 0.4) is 0 Å². The summed E-state index contributed by atoms with van der Waals surface area (Å²) < 4.78 is 39.9. The van der Waals surface area contributed by atoms with Gasteiger partial charge in [0.1, 0.15) is 11.4 Å². The molecule has 170 valence electrons. The molecular weight excluding hydrogens is 439 g/mol. The molecule has 0 saturated heterocycles. The van der Waals surface area contributed by atoms with Crippen LogP contribution in [-0.4, -0.2) is 15.5 Å². The average Bonchev–Trinajstić information content (AvgIpc) is 3.07. The summed E-state index contributed by atoms with van der Waals surface area (Å²) in [4.78, 5) is 31.8.